The molecule has 0 saturated heterocycles. The van der Waals surface area contributed by atoms with Crippen LogP contribution in [0.3, 0.4) is 0 Å². The number of pyridine rings is 1. The largest absolute Gasteiger partial charge is 0.497 e. The van der Waals surface area contributed by atoms with Gasteiger partial charge in [-0.05, 0) is 54.1 Å². The average molecular weight is 382 g/mol. The first kappa shape index (κ1) is 16.9. The molecule has 130 valence electrons. The SMILES string of the molecule is COc1ccc(-n2c(SCc3ccc(Cl)cc3)nc3ncccc32)cc1. The van der Waals surface area contributed by atoms with Crippen molar-refractivity contribution in [2.45, 2.75) is 10.9 Å². The Morgan fingerprint density at radius 2 is 1.81 bits per heavy atom. The van der Waals surface area contributed by atoms with Gasteiger partial charge in [0.2, 0.25) is 0 Å². The van der Waals surface area contributed by atoms with E-state index in [2.05, 4.69) is 9.55 Å². The predicted molar refractivity (Wildman–Crippen MR) is 106 cm³/mol. The van der Waals surface area contributed by atoms with Crippen LogP contribution in [0.25, 0.3) is 16.9 Å². The summed E-state index contributed by atoms with van der Waals surface area (Å²) < 4.78 is 7.39. The lowest BCUT2D eigenvalue weighted by Crippen LogP contribution is -1.97. The second-order valence-corrected chi connectivity index (χ2v) is 7.07. The molecular formula is C20H16ClN3OS. The van der Waals surface area contributed by atoms with Gasteiger partial charge in [0.25, 0.3) is 0 Å². The van der Waals surface area contributed by atoms with Crippen molar-refractivity contribution >= 4 is 34.5 Å². The number of rotatable bonds is 5. The highest BCUT2D eigenvalue weighted by Gasteiger charge is 2.14. The fourth-order valence-corrected chi connectivity index (χ4v) is 3.80. The normalized spacial score (nSPS) is 11.0. The molecule has 0 aliphatic heterocycles. The van der Waals surface area contributed by atoms with Gasteiger partial charge in [0, 0.05) is 22.7 Å². The van der Waals surface area contributed by atoms with Crippen LogP contribution in [-0.4, -0.2) is 21.6 Å². The number of methoxy groups -OCH3 is 1. The van der Waals surface area contributed by atoms with Crippen molar-refractivity contribution in [1.82, 2.24) is 14.5 Å². The molecule has 0 amide bonds. The number of imidazole rings is 1. The van der Waals surface area contributed by atoms with Crippen LogP contribution in [0.4, 0.5) is 0 Å². The Hall–Kier alpha value is -2.50. The van der Waals surface area contributed by atoms with Crippen LogP contribution in [0, 0.1) is 0 Å². The summed E-state index contributed by atoms with van der Waals surface area (Å²) in [4.78, 5) is 9.12. The van der Waals surface area contributed by atoms with Gasteiger partial charge in [-0.25, -0.2) is 9.97 Å². The minimum absolute atomic E-state index is 0.738. The van der Waals surface area contributed by atoms with Crippen LogP contribution in [0.1, 0.15) is 5.56 Å². The lowest BCUT2D eigenvalue weighted by atomic mass is 10.2. The number of benzene rings is 2. The van der Waals surface area contributed by atoms with Gasteiger partial charge < -0.3 is 4.74 Å². The Kier molecular flexibility index (Phi) is 4.82. The molecule has 0 aliphatic rings. The summed E-state index contributed by atoms with van der Waals surface area (Å²) >= 11 is 7.64. The van der Waals surface area contributed by atoms with E-state index in [1.807, 2.05) is 60.7 Å². The number of nitrogens with zero attached hydrogens (tertiary/aromatic N) is 3. The van der Waals surface area contributed by atoms with Crippen molar-refractivity contribution in [3.63, 3.8) is 0 Å². The molecule has 0 bridgehead atoms. The summed E-state index contributed by atoms with van der Waals surface area (Å²) in [7, 11) is 1.67. The summed E-state index contributed by atoms with van der Waals surface area (Å²) in [6.45, 7) is 0. The van der Waals surface area contributed by atoms with Crippen LogP contribution >= 0.6 is 23.4 Å². The predicted octanol–water partition coefficient (Wildman–Crippen LogP) is 5.37. The van der Waals surface area contributed by atoms with Crippen LogP contribution < -0.4 is 4.74 Å². The highest BCUT2D eigenvalue weighted by molar-refractivity contribution is 7.98. The molecule has 0 spiro atoms. The number of hydrogen-bond acceptors (Lipinski definition) is 4. The number of hydrogen-bond donors (Lipinski definition) is 0. The van der Waals surface area contributed by atoms with E-state index in [-0.39, 0.29) is 0 Å². The molecular weight excluding hydrogens is 366 g/mol. The van der Waals surface area contributed by atoms with Crippen molar-refractivity contribution in [2.75, 3.05) is 7.11 Å². The first-order valence-corrected chi connectivity index (χ1v) is 9.46. The van der Waals surface area contributed by atoms with Crippen LogP contribution in [0.2, 0.25) is 5.02 Å². The smallest absolute Gasteiger partial charge is 0.179 e. The highest BCUT2D eigenvalue weighted by atomic mass is 35.5. The van der Waals surface area contributed by atoms with E-state index < -0.39 is 0 Å². The second kappa shape index (κ2) is 7.40. The zero-order valence-corrected chi connectivity index (χ0v) is 15.7. The van der Waals surface area contributed by atoms with Crippen LogP contribution in [-0.2, 0) is 5.75 Å². The quantitative estimate of drug-likeness (QED) is 0.435. The third-order valence-corrected chi connectivity index (χ3v) is 5.27. The fourth-order valence-electron chi connectivity index (χ4n) is 2.70. The van der Waals surface area contributed by atoms with E-state index in [9.17, 15) is 0 Å². The van der Waals surface area contributed by atoms with Gasteiger partial charge >= 0.3 is 0 Å². The Morgan fingerprint density at radius 1 is 1.04 bits per heavy atom. The second-order valence-electron chi connectivity index (χ2n) is 5.69. The minimum Gasteiger partial charge on any atom is -0.497 e. The Morgan fingerprint density at radius 3 is 2.54 bits per heavy atom. The maximum absolute atomic E-state index is 5.97. The molecule has 2 aromatic heterocycles. The maximum atomic E-state index is 5.97. The third-order valence-electron chi connectivity index (χ3n) is 4.01. The molecule has 6 heteroatoms. The summed E-state index contributed by atoms with van der Waals surface area (Å²) in [5.41, 5.74) is 3.94. The maximum Gasteiger partial charge on any atom is 0.179 e. The zero-order valence-electron chi connectivity index (χ0n) is 14.1. The first-order valence-electron chi connectivity index (χ1n) is 8.10. The number of ether oxygens (including phenoxy) is 1. The molecule has 4 rings (SSSR count). The molecule has 0 fully saturated rings. The summed E-state index contributed by atoms with van der Waals surface area (Å²) in [6, 6.07) is 19.8. The van der Waals surface area contributed by atoms with E-state index in [1.54, 1.807) is 25.1 Å². The van der Waals surface area contributed by atoms with E-state index in [4.69, 9.17) is 21.3 Å². The van der Waals surface area contributed by atoms with Crippen molar-refractivity contribution in [2.24, 2.45) is 0 Å². The summed E-state index contributed by atoms with van der Waals surface area (Å²) in [5, 5.41) is 1.65. The van der Waals surface area contributed by atoms with Gasteiger partial charge in [0.05, 0.1) is 12.6 Å². The highest BCUT2D eigenvalue weighted by Crippen LogP contribution is 2.30. The standard InChI is InChI=1S/C20H16ClN3OS/c1-25-17-10-8-16(9-11-17)24-18-3-2-12-22-19(18)23-20(24)26-13-14-4-6-15(21)7-5-14/h2-12H,13H2,1H3. The van der Waals surface area contributed by atoms with E-state index in [1.165, 1.54) is 5.56 Å². The number of halogens is 1. The lowest BCUT2D eigenvalue weighted by molar-refractivity contribution is 0.414. The van der Waals surface area contributed by atoms with Crippen molar-refractivity contribution in [3.05, 3.63) is 77.4 Å². The summed E-state index contributed by atoms with van der Waals surface area (Å²) in [5.74, 6) is 1.63. The molecule has 0 aliphatic carbocycles. The molecule has 0 atom stereocenters. The Balaban J connectivity index is 1.72. The van der Waals surface area contributed by atoms with Crippen molar-refractivity contribution in [3.8, 4) is 11.4 Å². The van der Waals surface area contributed by atoms with E-state index >= 15 is 0 Å². The molecule has 0 N–H and O–H groups in total. The van der Waals surface area contributed by atoms with Gasteiger partial charge in [-0.15, -0.1) is 0 Å². The molecule has 4 aromatic rings. The first-order chi connectivity index (χ1) is 12.7. The van der Waals surface area contributed by atoms with Gasteiger partial charge in [-0.1, -0.05) is 35.5 Å². The van der Waals surface area contributed by atoms with Crippen molar-refractivity contribution < 1.29 is 4.74 Å². The third kappa shape index (κ3) is 3.41. The topological polar surface area (TPSA) is 39.9 Å². The summed E-state index contributed by atoms with van der Waals surface area (Å²) in [6.07, 6.45) is 1.77. The minimum atomic E-state index is 0.738. The Labute approximate surface area is 160 Å². The molecule has 0 unspecified atom stereocenters. The molecule has 0 radical (unpaired) electrons. The average Bonchev–Trinajstić information content (AvgIpc) is 3.06. The van der Waals surface area contributed by atoms with Gasteiger partial charge in [-0.2, -0.15) is 0 Å². The van der Waals surface area contributed by atoms with E-state index in [0.717, 1.165) is 38.5 Å². The Bertz CT molecular complexity index is 1030. The monoisotopic (exact) mass is 381 g/mol. The fraction of sp³-hybridized carbons (Fsp3) is 0.100. The van der Waals surface area contributed by atoms with Crippen LogP contribution in [0.5, 0.6) is 5.75 Å². The van der Waals surface area contributed by atoms with Gasteiger partial charge in [0.15, 0.2) is 10.8 Å². The van der Waals surface area contributed by atoms with Gasteiger partial charge in [-0.3, -0.25) is 4.57 Å². The molecule has 2 aromatic carbocycles. The number of aromatic nitrogens is 3. The lowest BCUT2D eigenvalue weighted by Gasteiger charge is -2.10. The van der Waals surface area contributed by atoms with E-state index in [0.29, 0.717) is 0 Å². The molecule has 26 heavy (non-hydrogen) atoms. The number of thioether (sulfide) groups is 1. The van der Waals surface area contributed by atoms with Crippen molar-refractivity contribution in [1.29, 1.82) is 0 Å². The van der Waals surface area contributed by atoms with Gasteiger partial charge in [0.1, 0.15) is 5.75 Å². The molecule has 4 nitrogen and oxygen atoms in total. The van der Waals surface area contributed by atoms with Crippen LogP contribution in [0.15, 0.2) is 72.0 Å². The number of fused-ring (bicyclic) bond motifs is 1. The molecule has 2 heterocycles. The zero-order chi connectivity index (χ0) is 17.9. The molecule has 0 saturated carbocycles.